The first-order valence-electron chi connectivity index (χ1n) is 5.44. The third kappa shape index (κ3) is 4.18. The average Bonchev–Trinajstić information content (AvgIpc) is 2.83. The predicted octanol–water partition coefficient (Wildman–Crippen LogP) is 1.08. The zero-order valence-corrected chi connectivity index (χ0v) is 10.8. The van der Waals surface area contributed by atoms with Crippen molar-refractivity contribution in [1.29, 1.82) is 0 Å². The van der Waals surface area contributed by atoms with Crippen molar-refractivity contribution in [3.8, 4) is 5.75 Å². The molecule has 2 aromatic rings. The van der Waals surface area contributed by atoms with Crippen molar-refractivity contribution in [2.24, 2.45) is 0 Å². The van der Waals surface area contributed by atoms with Crippen molar-refractivity contribution in [3.63, 3.8) is 0 Å². The summed E-state index contributed by atoms with van der Waals surface area (Å²) in [7, 11) is -3.51. The summed E-state index contributed by atoms with van der Waals surface area (Å²) in [6.45, 7) is 0.0249. The zero-order chi connectivity index (χ0) is 13.7. The molecule has 0 atom stereocenters. The van der Waals surface area contributed by atoms with Crippen LogP contribution in [-0.2, 0) is 10.0 Å². The normalized spacial score (nSPS) is 11.2. The van der Waals surface area contributed by atoms with Gasteiger partial charge in [-0.05, 0) is 24.3 Å². The second kappa shape index (κ2) is 5.61. The van der Waals surface area contributed by atoms with Crippen molar-refractivity contribution in [2.75, 3.05) is 22.8 Å². The van der Waals surface area contributed by atoms with Crippen LogP contribution in [-0.4, -0.2) is 25.9 Å². The molecule has 0 aliphatic heterocycles. The lowest BCUT2D eigenvalue weighted by Gasteiger charge is -2.07. The van der Waals surface area contributed by atoms with E-state index in [9.17, 15) is 8.42 Å². The van der Waals surface area contributed by atoms with E-state index in [-0.39, 0.29) is 18.2 Å². The Kier molecular flexibility index (Phi) is 3.91. The minimum atomic E-state index is -3.51. The van der Waals surface area contributed by atoms with Crippen LogP contribution < -0.4 is 15.2 Å². The lowest BCUT2D eigenvalue weighted by atomic mass is 10.3. The van der Waals surface area contributed by atoms with E-state index in [2.05, 4.69) is 14.4 Å². The van der Waals surface area contributed by atoms with E-state index < -0.39 is 10.0 Å². The number of anilines is 2. The fourth-order valence-electron chi connectivity index (χ4n) is 1.31. The maximum absolute atomic E-state index is 11.6. The summed E-state index contributed by atoms with van der Waals surface area (Å²) in [5, 5.41) is 3.46. The van der Waals surface area contributed by atoms with Gasteiger partial charge >= 0.3 is 0 Å². The van der Waals surface area contributed by atoms with Gasteiger partial charge in [-0.1, -0.05) is 5.16 Å². The first-order chi connectivity index (χ1) is 9.05. The number of nitrogens with two attached hydrogens (primary N) is 1. The van der Waals surface area contributed by atoms with Gasteiger partial charge in [-0.25, -0.2) is 8.42 Å². The number of ether oxygens (including phenoxy) is 1. The summed E-state index contributed by atoms with van der Waals surface area (Å²) in [5.41, 5.74) is 6.14. The van der Waals surface area contributed by atoms with Crippen LogP contribution in [0.1, 0.15) is 0 Å². The molecule has 2 rings (SSSR count). The van der Waals surface area contributed by atoms with Crippen molar-refractivity contribution in [1.82, 2.24) is 5.16 Å². The lowest BCUT2D eigenvalue weighted by molar-refractivity contribution is 0.341. The molecule has 0 unspecified atom stereocenters. The van der Waals surface area contributed by atoms with Gasteiger partial charge in [-0.2, -0.15) is 0 Å². The molecule has 1 heterocycles. The Hall–Kier alpha value is -2.22. The van der Waals surface area contributed by atoms with Gasteiger partial charge in [-0.3, -0.25) is 4.72 Å². The molecule has 0 aliphatic rings. The van der Waals surface area contributed by atoms with E-state index >= 15 is 0 Å². The molecule has 0 aliphatic carbocycles. The molecule has 8 heteroatoms. The molecule has 0 bridgehead atoms. The first kappa shape index (κ1) is 13.2. The minimum absolute atomic E-state index is 0.0249. The van der Waals surface area contributed by atoms with E-state index in [0.29, 0.717) is 11.4 Å². The average molecular weight is 283 g/mol. The van der Waals surface area contributed by atoms with E-state index in [0.717, 1.165) is 0 Å². The number of sulfonamides is 1. The quantitative estimate of drug-likeness (QED) is 0.768. The Labute approximate surface area is 110 Å². The van der Waals surface area contributed by atoms with Gasteiger partial charge in [0.05, 0.1) is 0 Å². The predicted molar refractivity (Wildman–Crippen MR) is 70.3 cm³/mol. The number of rotatable bonds is 6. The second-order valence-corrected chi connectivity index (χ2v) is 5.56. The standard InChI is InChI=1S/C11H13N3O4S/c12-9-1-3-10(4-2-9)17-7-8-19(15,16)14-11-5-6-18-13-11/h1-6H,7-8,12H2,(H,13,14). The largest absolute Gasteiger partial charge is 0.492 e. The van der Waals surface area contributed by atoms with Gasteiger partial charge in [0.25, 0.3) is 0 Å². The minimum Gasteiger partial charge on any atom is -0.492 e. The Morgan fingerprint density at radius 1 is 1.26 bits per heavy atom. The summed E-state index contributed by atoms with van der Waals surface area (Å²) in [5.74, 6) is 0.517. The summed E-state index contributed by atoms with van der Waals surface area (Å²) >= 11 is 0. The monoisotopic (exact) mass is 283 g/mol. The Bertz CT molecular complexity index is 608. The number of nitrogens with zero attached hydrogens (tertiary/aromatic N) is 1. The number of benzene rings is 1. The highest BCUT2D eigenvalue weighted by Crippen LogP contribution is 2.13. The summed E-state index contributed by atoms with van der Waals surface area (Å²) in [4.78, 5) is 0. The molecule has 0 saturated heterocycles. The van der Waals surface area contributed by atoms with Crippen molar-refractivity contribution in [2.45, 2.75) is 0 Å². The molecule has 0 fully saturated rings. The number of nitrogens with one attached hydrogen (secondary N) is 1. The molecule has 0 saturated carbocycles. The van der Waals surface area contributed by atoms with Crippen molar-refractivity contribution >= 4 is 21.5 Å². The Balaban J connectivity index is 1.83. The lowest BCUT2D eigenvalue weighted by Crippen LogP contribution is -2.21. The second-order valence-electron chi connectivity index (χ2n) is 3.72. The van der Waals surface area contributed by atoms with Crippen LogP contribution in [0.2, 0.25) is 0 Å². The van der Waals surface area contributed by atoms with Crippen molar-refractivity contribution < 1.29 is 17.7 Å². The summed E-state index contributed by atoms with van der Waals surface area (Å²) < 4.78 is 35.4. The van der Waals surface area contributed by atoms with Crippen molar-refractivity contribution in [3.05, 3.63) is 36.6 Å². The highest BCUT2D eigenvalue weighted by molar-refractivity contribution is 7.92. The topological polar surface area (TPSA) is 107 Å². The molecule has 7 nitrogen and oxygen atoms in total. The maximum Gasteiger partial charge on any atom is 0.237 e. The molecule has 1 aromatic carbocycles. The summed E-state index contributed by atoms with van der Waals surface area (Å²) in [6.07, 6.45) is 1.28. The van der Waals surface area contributed by atoms with Crippen LogP contribution >= 0.6 is 0 Å². The fraction of sp³-hybridized carbons (Fsp3) is 0.182. The van der Waals surface area contributed by atoms with Crippen LogP contribution in [0.3, 0.4) is 0 Å². The van der Waals surface area contributed by atoms with Gasteiger partial charge < -0.3 is 15.0 Å². The third-order valence-corrected chi connectivity index (χ3v) is 3.42. The molecule has 1 aromatic heterocycles. The number of hydrogen-bond donors (Lipinski definition) is 2. The van der Waals surface area contributed by atoms with Gasteiger partial charge in [-0.15, -0.1) is 0 Å². The van der Waals surface area contributed by atoms with Crippen LogP contribution in [0.25, 0.3) is 0 Å². The molecule has 0 spiro atoms. The molecule has 102 valence electrons. The fourth-order valence-corrected chi connectivity index (χ4v) is 2.14. The SMILES string of the molecule is Nc1ccc(OCCS(=O)(=O)Nc2ccon2)cc1. The van der Waals surface area contributed by atoms with Crippen LogP contribution in [0.15, 0.2) is 41.1 Å². The van der Waals surface area contributed by atoms with Crippen LogP contribution in [0, 0.1) is 0 Å². The van der Waals surface area contributed by atoms with Gasteiger partial charge in [0.2, 0.25) is 10.0 Å². The molecular weight excluding hydrogens is 270 g/mol. The Morgan fingerprint density at radius 2 is 2.00 bits per heavy atom. The summed E-state index contributed by atoms with van der Waals surface area (Å²) in [6, 6.07) is 8.12. The third-order valence-electron chi connectivity index (χ3n) is 2.20. The first-order valence-corrected chi connectivity index (χ1v) is 7.10. The number of aromatic nitrogens is 1. The Morgan fingerprint density at radius 3 is 2.63 bits per heavy atom. The number of nitrogen functional groups attached to an aromatic ring is 1. The molecule has 19 heavy (non-hydrogen) atoms. The number of hydrogen-bond acceptors (Lipinski definition) is 6. The van der Waals surface area contributed by atoms with Gasteiger partial charge in [0.15, 0.2) is 5.82 Å². The van der Waals surface area contributed by atoms with E-state index in [1.54, 1.807) is 24.3 Å². The molecule has 0 radical (unpaired) electrons. The molecule has 3 N–H and O–H groups in total. The highest BCUT2D eigenvalue weighted by Gasteiger charge is 2.12. The van der Waals surface area contributed by atoms with Crippen LogP contribution in [0.4, 0.5) is 11.5 Å². The van der Waals surface area contributed by atoms with Crippen LogP contribution in [0.5, 0.6) is 5.75 Å². The van der Waals surface area contributed by atoms with E-state index in [1.165, 1.54) is 12.3 Å². The smallest absolute Gasteiger partial charge is 0.237 e. The maximum atomic E-state index is 11.6. The van der Waals surface area contributed by atoms with Gasteiger partial charge in [0, 0.05) is 11.8 Å². The molecular formula is C11H13N3O4S. The van der Waals surface area contributed by atoms with E-state index in [1.807, 2.05) is 0 Å². The van der Waals surface area contributed by atoms with Gasteiger partial charge in [0.1, 0.15) is 24.4 Å². The van der Waals surface area contributed by atoms with E-state index in [4.69, 9.17) is 10.5 Å². The molecule has 0 amide bonds. The highest BCUT2D eigenvalue weighted by atomic mass is 32.2. The zero-order valence-electron chi connectivity index (χ0n) is 9.94.